The van der Waals surface area contributed by atoms with E-state index in [4.69, 9.17) is 14.2 Å². The van der Waals surface area contributed by atoms with Crippen molar-refractivity contribution in [1.82, 2.24) is 10.2 Å². The van der Waals surface area contributed by atoms with E-state index in [0.29, 0.717) is 23.7 Å². The van der Waals surface area contributed by atoms with Gasteiger partial charge in [-0.3, -0.25) is 13.9 Å². The zero-order valence-electron chi connectivity index (χ0n) is 25.6. The van der Waals surface area contributed by atoms with Crippen molar-refractivity contribution in [2.45, 2.75) is 45.3 Å². The summed E-state index contributed by atoms with van der Waals surface area (Å²) in [6, 6.07) is 20.2. The van der Waals surface area contributed by atoms with Gasteiger partial charge in [-0.15, -0.1) is 0 Å². The van der Waals surface area contributed by atoms with Gasteiger partial charge in [0, 0.05) is 25.1 Å². The molecule has 0 fully saturated rings. The van der Waals surface area contributed by atoms with Crippen LogP contribution < -0.4 is 23.8 Å². The van der Waals surface area contributed by atoms with Gasteiger partial charge in [-0.1, -0.05) is 49.4 Å². The zero-order chi connectivity index (χ0) is 31.6. The van der Waals surface area contributed by atoms with Crippen LogP contribution >= 0.6 is 0 Å². The van der Waals surface area contributed by atoms with Crippen molar-refractivity contribution in [1.29, 1.82) is 0 Å². The molecular weight excluding hydrogens is 570 g/mol. The molecule has 0 aliphatic carbocycles. The van der Waals surface area contributed by atoms with Crippen molar-refractivity contribution in [3.63, 3.8) is 0 Å². The smallest absolute Gasteiger partial charge is 0.244 e. The number of carbonyl (C=O) groups excluding carboxylic acids is 2. The zero-order valence-corrected chi connectivity index (χ0v) is 26.4. The SMILES string of the molecule is CCC(C)NC(=O)C(Cc1ccccc1)N(Cc1cccc(OC)c1)C(=O)CN(c1ccc(OC)c(OC)c1)S(C)(=O)=O. The van der Waals surface area contributed by atoms with Crippen LogP contribution in [0, 0.1) is 0 Å². The van der Waals surface area contributed by atoms with Crippen LogP contribution in [-0.2, 0) is 32.6 Å². The molecule has 3 aromatic rings. The fourth-order valence-corrected chi connectivity index (χ4v) is 5.40. The highest BCUT2D eigenvalue weighted by Gasteiger charge is 2.33. The van der Waals surface area contributed by atoms with E-state index in [0.717, 1.165) is 21.7 Å². The van der Waals surface area contributed by atoms with Crippen LogP contribution in [0.2, 0.25) is 0 Å². The van der Waals surface area contributed by atoms with E-state index in [2.05, 4.69) is 5.32 Å². The van der Waals surface area contributed by atoms with E-state index < -0.39 is 28.5 Å². The molecule has 10 nitrogen and oxygen atoms in total. The molecule has 43 heavy (non-hydrogen) atoms. The van der Waals surface area contributed by atoms with Crippen molar-refractivity contribution < 1.29 is 32.2 Å². The third-order valence-electron chi connectivity index (χ3n) is 7.09. The standard InChI is InChI=1S/C32H41N3O7S/c1-7-23(2)33-32(37)28(19-24-12-9-8-10-13-24)34(21-25-14-11-15-27(18-25)40-3)31(36)22-35(43(6,38)39)26-16-17-29(41-4)30(20-26)42-5/h8-18,20,23,28H,7,19,21-22H2,1-6H3,(H,33,37). The average Bonchev–Trinajstić information content (AvgIpc) is 3.00. The van der Waals surface area contributed by atoms with E-state index in [-0.39, 0.29) is 30.6 Å². The molecule has 2 amide bonds. The quantitative estimate of drug-likeness (QED) is 0.276. The number of anilines is 1. The number of nitrogens with one attached hydrogen (secondary N) is 1. The first-order valence-electron chi connectivity index (χ1n) is 14.0. The third kappa shape index (κ3) is 9.12. The third-order valence-corrected chi connectivity index (χ3v) is 8.23. The molecule has 0 bridgehead atoms. The second kappa shape index (κ2) is 15.3. The number of nitrogens with zero attached hydrogens (tertiary/aromatic N) is 2. The molecule has 11 heteroatoms. The molecule has 0 aliphatic heterocycles. The monoisotopic (exact) mass is 611 g/mol. The second-order valence-electron chi connectivity index (χ2n) is 10.2. The molecule has 232 valence electrons. The molecule has 0 saturated carbocycles. The number of hydrogen-bond donors (Lipinski definition) is 1. The maximum Gasteiger partial charge on any atom is 0.244 e. The van der Waals surface area contributed by atoms with Gasteiger partial charge in [0.2, 0.25) is 21.8 Å². The first-order chi connectivity index (χ1) is 20.5. The molecule has 0 aromatic heterocycles. The van der Waals surface area contributed by atoms with Gasteiger partial charge in [-0.2, -0.15) is 0 Å². The minimum Gasteiger partial charge on any atom is -0.497 e. The Hall–Kier alpha value is -4.25. The van der Waals surface area contributed by atoms with Gasteiger partial charge in [-0.05, 0) is 48.7 Å². The summed E-state index contributed by atoms with van der Waals surface area (Å²) in [7, 11) is 0.532. The molecule has 0 spiro atoms. The normalized spacial score (nSPS) is 12.5. The first-order valence-corrected chi connectivity index (χ1v) is 15.8. The lowest BCUT2D eigenvalue weighted by atomic mass is 10.0. The van der Waals surface area contributed by atoms with E-state index >= 15 is 0 Å². The van der Waals surface area contributed by atoms with Crippen LogP contribution in [0.15, 0.2) is 72.8 Å². The minimum atomic E-state index is -3.93. The molecule has 0 heterocycles. The summed E-state index contributed by atoms with van der Waals surface area (Å²) in [4.78, 5) is 29.5. The number of carbonyl (C=O) groups is 2. The summed E-state index contributed by atoms with van der Waals surface area (Å²) in [5, 5.41) is 3.02. The Morgan fingerprint density at radius 1 is 0.860 bits per heavy atom. The molecule has 0 saturated heterocycles. The maximum absolute atomic E-state index is 14.3. The summed E-state index contributed by atoms with van der Waals surface area (Å²) >= 11 is 0. The van der Waals surface area contributed by atoms with Gasteiger partial charge < -0.3 is 24.4 Å². The van der Waals surface area contributed by atoms with Crippen molar-refractivity contribution in [2.24, 2.45) is 0 Å². The molecule has 2 unspecified atom stereocenters. The largest absolute Gasteiger partial charge is 0.497 e. The van der Waals surface area contributed by atoms with Crippen LogP contribution in [0.25, 0.3) is 0 Å². The summed E-state index contributed by atoms with van der Waals surface area (Å²) in [5.41, 5.74) is 1.80. The lowest BCUT2D eigenvalue weighted by Crippen LogP contribution is -2.54. The average molecular weight is 612 g/mol. The van der Waals surface area contributed by atoms with Crippen LogP contribution in [0.5, 0.6) is 17.2 Å². The highest BCUT2D eigenvalue weighted by atomic mass is 32.2. The maximum atomic E-state index is 14.3. The van der Waals surface area contributed by atoms with Crippen molar-refractivity contribution in [3.8, 4) is 17.2 Å². The number of ether oxygens (including phenoxy) is 3. The van der Waals surface area contributed by atoms with Crippen molar-refractivity contribution >= 4 is 27.5 Å². The van der Waals surface area contributed by atoms with Crippen LogP contribution in [0.1, 0.15) is 31.4 Å². The highest BCUT2D eigenvalue weighted by Crippen LogP contribution is 2.32. The Labute approximate surface area is 254 Å². The van der Waals surface area contributed by atoms with Gasteiger partial charge in [0.15, 0.2) is 11.5 Å². The fourth-order valence-electron chi connectivity index (χ4n) is 4.56. The lowest BCUT2D eigenvalue weighted by molar-refractivity contribution is -0.140. The summed E-state index contributed by atoms with van der Waals surface area (Å²) in [6.07, 6.45) is 1.96. The number of methoxy groups -OCH3 is 3. The first kappa shape index (κ1) is 33.3. The Morgan fingerprint density at radius 2 is 1.53 bits per heavy atom. The number of benzene rings is 3. The molecule has 0 radical (unpaired) electrons. The lowest BCUT2D eigenvalue weighted by Gasteiger charge is -2.34. The Balaban J connectivity index is 2.10. The van der Waals surface area contributed by atoms with Crippen molar-refractivity contribution in [2.75, 3.05) is 38.4 Å². The predicted octanol–water partition coefficient (Wildman–Crippen LogP) is 4.03. The summed E-state index contributed by atoms with van der Waals surface area (Å²) < 4.78 is 43.2. The Bertz CT molecular complexity index is 1480. The number of sulfonamides is 1. The molecule has 3 rings (SSSR count). The van der Waals surface area contributed by atoms with E-state index in [9.17, 15) is 18.0 Å². The fraction of sp³-hybridized carbons (Fsp3) is 0.375. The van der Waals surface area contributed by atoms with Gasteiger partial charge in [0.1, 0.15) is 18.3 Å². The Morgan fingerprint density at radius 3 is 2.14 bits per heavy atom. The predicted molar refractivity (Wildman–Crippen MR) is 167 cm³/mol. The molecule has 0 aliphatic rings. The van der Waals surface area contributed by atoms with Gasteiger partial charge in [0.25, 0.3) is 0 Å². The van der Waals surface area contributed by atoms with E-state index in [1.165, 1.54) is 25.2 Å². The van der Waals surface area contributed by atoms with Gasteiger partial charge in [0.05, 0.1) is 33.3 Å². The summed E-state index contributed by atoms with van der Waals surface area (Å²) in [5.74, 6) is 0.436. The molecule has 2 atom stereocenters. The number of rotatable bonds is 15. The van der Waals surface area contributed by atoms with Crippen LogP contribution in [-0.4, -0.2) is 71.3 Å². The molecule has 3 aromatic carbocycles. The van der Waals surface area contributed by atoms with E-state index in [1.54, 1.807) is 37.4 Å². The summed E-state index contributed by atoms with van der Waals surface area (Å²) in [6.45, 7) is 3.36. The van der Waals surface area contributed by atoms with E-state index in [1.807, 2.05) is 50.2 Å². The highest BCUT2D eigenvalue weighted by molar-refractivity contribution is 7.92. The second-order valence-corrected chi connectivity index (χ2v) is 12.1. The van der Waals surface area contributed by atoms with Crippen LogP contribution in [0.4, 0.5) is 5.69 Å². The number of hydrogen-bond acceptors (Lipinski definition) is 7. The van der Waals surface area contributed by atoms with Crippen LogP contribution in [0.3, 0.4) is 0 Å². The topological polar surface area (TPSA) is 114 Å². The molecule has 1 N–H and O–H groups in total. The van der Waals surface area contributed by atoms with Gasteiger partial charge >= 0.3 is 0 Å². The molecular formula is C32H41N3O7S. The van der Waals surface area contributed by atoms with Crippen molar-refractivity contribution in [3.05, 3.63) is 83.9 Å². The Kier molecular flexibility index (Phi) is 11.8. The van der Waals surface area contributed by atoms with Gasteiger partial charge in [-0.25, -0.2) is 8.42 Å². The minimum absolute atomic E-state index is 0.0466. The number of amides is 2.